The maximum absolute atomic E-state index is 16.5. The van der Waals surface area contributed by atoms with E-state index in [9.17, 15) is 73.6 Å². The van der Waals surface area contributed by atoms with Gasteiger partial charge in [-0.05, 0) is 196 Å². The Morgan fingerprint density at radius 1 is 0.703 bits per heavy atom. The summed E-state index contributed by atoms with van der Waals surface area (Å²) in [5, 5.41) is 130. The number of carbonyl (C=O) groups is 9. The highest BCUT2D eigenvalue weighted by Crippen LogP contribution is 2.50. The summed E-state index contributed by atoms with van der Waals surface area (Å²) < 4.78 is 68.3. The van der Waals surface area contributed by atoms with Crippen LogP contribution in [-0.4, -0.2) is 213 Å². The second-order valence-corrected chi connectivity index (χ2v) is 35.8. The van der Waals surface area contributed by atoms with Gasteiger partial charge in [0.05, 0.1) is 40.6 Å². The molecule has 7 aliphatic rings. The molecule has 2 fully saturated rings. The first-order valence-corrected chi connectivity index (χ1v) is 44.4. The number of ether oxygens (including phenoxy) is 6. The molecule has 128 heavy (non-hydrogen) atoms. The van der Waals surface area contributed by atoms with E-state index in [1.807, 2.05) is 26.0 Å². The lowest BCUT2D eigenvalue weighted by atomic mass is 9.85. The molecule has 7 aliphatic heterocycles. The van der Waals surface area contributed by atoms with Crippen molar-refractivity contribution in [3.63, 3.8) is 0 Å². The summed E-state index contributed by atoms with van der Waals surface area (Å²) in [4.78, 5) is 133. The molecule has 0 aliphatic carbocycles. The number of carbonyl (C=O) groups excluding carboxylic acids is 8. The zero-order valence-electron chi connectivity index (χ0n) is 72.3. The third-order valence-corrected chi connectivity index (χ3v) is 25.2. The van der Waals surface area contributed by atoms with Gasteiger partial charge in [0.1, 0.15) is 89.8 Å². The van der Waals surface area contributed by atoms with E-state index in [2.05, 4.69) is 59.5 Å². The van der Waals surface area contributed by atoms with Crippen molar-refractivity contribution in [2.24, 2.45) is 11.7 Å². The second kappa shape index (κ2) is 42.7. The van der Waals surface area contributed by atoms with Crippen LogP contribution >= 0.6 is 11.6 Å². The number of aliphatic hydroxyl groups excluding tert-OH is 6. The summed E-state index contributed by atoms with van der Waals surface area (Å²) in [5.41, 5.74) is 4.13. The van der Waals surface area contributed by atoms with E-state index in [1.54, 1.807) is 12.1 Å². The molecule has 39 heteroatoms. The number of primary amides is 1. The summed E-state index contributed by atoms with van der Waals surface area (Å²) in [7, 11) is -2.28. The Balaban J connectivity index is 1.04. The summed E-state index contributed by atoms with van der Waals surface area (Å²) in [5.74, 6) is -14.6. The van der Waals surface area contributed by atoms with Crippen LogP contribution in [0.15, 0.2) is 102 Å². The van der Waals surface area contributed by atoms with Gasteiger partial charge < -0.3 is 128 Å². The van der Waals surface area contributed by atoms with Gasteiger partial charge >= 0.3 is 5.97 Å². The topological polar surface area (TPSA) is 572 Å². The smallest absolute Gasteiger partial charge is 0.330 e. The molecule has 2 saturated heterocycles. The van der Waals surface area contributed by atoms with Gasteiger partial charge in [0.25, 0.3) is 0 Å². The second-order valence-electron chi connectivity index (χ2n) is 33.6. The van der Waals surface area contributed by atoms with Gasteiger partial charge in [-0.3, -0.25) is 38.4 Å². The number of nitrogens with two attached hydrogens (primary N) is 1. The number of nitrogens with one attached hydrogen (secondary N) is 10. The van der Waals surface area contributed by atoms with E-state index in [1.165, 1.54) is 78.1 Å². The van der Waals surface area contributed by atoms with Crippen molar-refractivity contribution in [1.82, 2.24) is 52.6 Å². The zero-order chi connectivity index (χ0) is 93.1. The molecule has 37 nitrogen and oxygen atoms in total. The number of carboxylic acid groups (broad SMARTS) is 1. The summed E-state index contributed by atoms with van der Waals surface area (Å²) in [6.45, 7) is 12.4. The fourth-order valence-electron chi connectivity index (χ4n) is 16.5. The number of unbranched alkanes of at least 4 members (excludes halogenated alkanes) is 6. The average Bonchev–Trinajstić information content (AvgIpc) is 0.757. The number of aliphatic carboxylic acids is 1. The minimum absolute atomic E-state index is 0.0435. The maximum Gasteiger partial charge on any atom is 0.330 e. The number of halogens is 1. The van der Waals surface area contributed by atoms with Gasteiger partial charge in [-0.15, -0.1) is 0 Å². The molecule has 6 aromatic carbocycles. The number of hydrogen-bond acceptors (Lipinski definition) is 27. The third kappa shape index (κ3) is 23.1. The molecule has 13 rings (SSSR count). The quantitative estimate of drug-likeness (QED) is 0.0280. The monoisotopic (exact) mass is 1820 g/mol. The van der Waals surface area contributed by atoms with Crippen molar-refractivity contribution >= 4 is 74.9 Å². The molecular formula is C89H114ClN11O26S. The van der Waals surface area contributed by atoms with Gasteiger partial charge in [0.15, 0.2) is 29.9 Å². The molecule has 0 spiro atoms. The molecule has 8 amide bonds. The number of benzene rings is 6. The van der Waals surface area contributed by atoms with Crippen molar-refractivity contribution in [3.8, 4) is 51.4 Å². The van der Waals surface area contributed by atoms with Crippen LogP contribution in [0.4, 0.5) is 0 Å². The highest BCUT2D eigenvalue weighted by atomic mass is 35.5. The number of carboxylic acids is 1. The number of phenolic OH excluding ortho intramolecular Hbond substituents is 2. The standard InChI is InChI=1S/C89H114ClN11O26S/c1-10-11-12-15-18-47-19-24-52(25-20-47)128(120,121)94-30-17-14-13-16-29-93-40-55-44(5)68-53-33-48(21-26-59(53)104)69-83(114)100-73(86(117)98-71(87(118)119)54(68)37-60(55)105)75(108)50-23-28-62(56(90)34-50)124-64-36-51-35-63(78(64)127-88-79(77(110)76(109)65(41-102)125-88)126-67-39-89(8,101-46(7)103)80(111)45(6)122-67)123-61-27-22-49(32-43(61)4)74(107)72(99-81(112)57(92-9)31-42(2)3)85(116)95-58(38-66(91)106)82(113)96-70(51)84(115)97-69/h19-28,32-37,42,45,57-58,65,67,69-77,79-80,88,92-94,102,104-105,107-111H,10-18,29-31,38-41H2,1-9H3,(H2,91,106)(H,95,116)(H,96,113)(H,97,115)(H,98,117)(H,99,112)(H,100,114)(H,101,103)(H,118,119)/t45-,57+,58-,65+,67-,69+,70+,71-,72+,73-,74+,75+,76+,77-,79+,80+,88-,89-/m0/s1. The van der Waals surface area contributed by atoms with Gasteiger partial charge in [-0.1, -0.05) is 94.8 Å². The summed E-state index contributed by atoms with van der Waals surface area (Å²) >= 11 is 7.21. The number of phenols is 2. The van der Waals surface area contributed by atoms with Crippen molar-refractivity contribution in [3.05, 3.63) is 152 Å². The van der Waals surface area contributed by atoms with Crippen LogP contribution in [0.25, 0.3) is 11.1 Å². The molecule has 21 N–H and O–H groups in total. The molecule has 6 aromatic rings. The van der Waals surface area contributed by atoms with E-state index in [4.69, 9.17) is 45.8 Å². The van der Waals surface area contributed by atoms with Crippen LogP contribution < -0.4 is 72.5 Å². The number of sulfonamides is 1. The van der Waals surface area contributed by atoms with E-state index < -0.39 is 225 Å². The number of fused-ring (bicyclic) bond motifs is 15. The third-order valence-electron chi connectivity index (χ3n) is 23.5. The number of aliphatic hydroxyl groups is 6. The number of likely N-dealkylation sites (N-methyl/N-ethyl adjacent to an activating group) is 1. The van der Waals surface area contributed by atoms with E-state index in [0.29, 0.717) is 32.2 Å². The Hall–Kier alpha value is -10.7. The Bertz CT molecular complexity index is 5210. The Kier molecular flexibility index (Phi) is 32.7. The fraction of sp³-hybridized carbons (Fsp3) is 0.494. The number of hydrogen-bond donors (Lipinski definition) is 20. The number of amides is 8. The van der Waals surface area contributed by atoms with Gasteiger partial charge in [-0.2, -0.15) is 0 Å². The van der Waals surface area contributed by atoms with E-state index in [0.717, 1.165) is 74.1 Å². The molecule has 694 valence electrons. The Morgan fingerprint density at radius 3 is 1.98 bits per heavy atom. The molecule has 0 aromatic heterocycles. The zero-order valence-corrected chi connectivity index (χ0v) is 73.8. The molecule has 0 radical (unpaired) electrons. The number of rotatable bonds is 30. The maximum atomic E-state index is 16.5. The number of aromatic hydroxyl groups is 2. The van der Waals surface area contributed by atoms with E-state index in [-0.39, 0.29) is 98.3 Å². The molecule has 11 bridgehead atoms. The highest BCUT2D eigenvalue weighted by Gasteiger charge is 2.53. The summed E-state index contributed by atoms with van der Waals surface area (Å²) in [6.07, 6.45) is -11.5. The molecule has 0 saturated carbocycles. The minimum Gasteiger partial charge on any atom is -0.508 e. The van der Waals surface area contributed by atoms with Crippen LogP contribution in [0.2, 0.25) is 5.02 Å². The van der Waals surface area contributed by atoms with Gasteiger partial charge in [0.2, 0.25) is 69.3 Å². The predicted molar refractivity (Wildman–Crippen MR) is 461 cm³/mol. The Morgan fingerprint density at radius 2 is 1.34 bits per heavy atom. The predicted octanol–water partition coefficient (Wildman–Crippen LogP) is 4.29. The number of aryl methyl sites for hydroxylation is 2. The molecule has 7 heterocycles. The Labute approximate surface area is 744 Å². The van der Waals surface area contributed by atoms with Crippen LogP contribution in [0.1, 0.15) is 193 Å². The normalized spacial score (nSPS) is 25.8. The van der Waals surface area contributed by atoms with Crippen LogP contribution in [0.3, 0.4) is 0 Å². The van der Waals surface area contributed by atoms with Crippen LogP contribution in [-0.2, 0) is 80.4 Å². The molecule has 0 unspecified atom stereocenters. The lowest BCUT2D eigenvalue weighted by Crippen LogP contribution is -2.66. The van der Waals surface area contributed by atoms with Crippen LogP contribution in [0.5, 0.6) is 40.2 Å². The highest BCUT2D eigenvalue weighted by molar-refractivity contribution is 7.89. The first-order valence-electron chi connectivity index (χ1n) is 42.6. The van der Waals surface area contributed by atoms with Crippen molar-refractivity contribution in [1.29, 1.82) is 0 Å². The lowest BCUT2D eigenvalue weighted by molar-refractivity contribution is -0.334. The average molecular weight is 1820 g/mol. The first kappa shape index (κ1) is 97.9. The van der Waals surface area contributed by atoms with Crippen LogP contribution in [0, 0.1) is 19.8 Å². The molecule has 18 atom stereocenters. The SMILES string of the molecule is CCCCCCc1ccc(S(=O)(=O)NCCCCCCNCc2c(O)cc3c(c2C)-c2cc(ccc2O)[C@H]2NC(=O)[C@@H]4NC(=O)[C@H](CC(N)=O)NC(=O)[C@H](NC(=O)[C@@H](CC(C)C)NC)[C@H](O)c5ccc(c(C)c5)Oc5cc4cc(c5O[C@@H]4O[C@H](CO)[C@@H](O)[C@H](O)[C@H]4O[C@H]4C[C@](C)(NC(C)=O)[C@H](O)[C@H](C)O4)Oc4ccc(cc4Cl)[C@@H](O)[C@H](NC2=O)C(=O)N[C@@H]3C(=O)O)cc1. The fourth-order valence-corrected chi connectivity index (χ4v) is 17.8. The molecular weight excluding hydrogens is 1710 g/mol. The van der Waals surface area contributed by atoms with E-state index >= 15 is 24.0 Å². The van der Waals surface area contributed by atoms with Crippen molar-refractivity contribution < 1.29 is 126 Å². The largest absolute Gasteiger partial charge is 0.508 e. The lowest BCUT2D eigenvalue weighted by Gasteiger charge is -2.48. The minimum atomic E-state index is -3.78. The van der Waals surface area contributed by atoms with Crippen molar-refractivity contribution in [2.75, 3.05) is 26.7 Å². The van der Waals surface area contributed by atoms with Gasteiger partial charge in [-0.25, -0.2) is 17.9 Å². The van der Waals surface area contributed by atoms with Gasteiger partial charge in [0, 0.05) is 37.6 Å². The van der Waals surface area contributed by atoms with Crippen molar-refractivity contribution in [2.45, 2.75) is 253 Å². The summed E-state index contributed by atoms with van der Waals surface area (Å²) in [6, 6.07) is 6.86. The first-order chi connectivity index (χ1) is 60.7.